The standard InChI is InChI=1S/C11H15BrO2/c1-11(2,3)8-5-4-7(10(13)14)6-9(8)12/h4-6,10,13-14H,1-3H3. The van der Waals surface area contributed by atoms with Gasteiger partial charge in [0.25, 0.3) is 0 Å². The zero-order chi connectivity index (χ0) is 10.9. The van der Waals surface area contributed by atoms with Gasteiger partial charge in [0.15, 0.2) is 6.29 Å². The molecule has 0 amide bonds. The van der Waals surface area contributed by atoms with Crippen LogP contribution in [0.1, 0.15) is 38.2 Å². The molecular weight excluding hydrogens is 244 g/mol. The van der Waals surface area contributed by atoms with Crippen molar-refractivity contribution in [3.63, 3.8) is 0 Å². The second-order valence-electron chi connectivity index (χ2n) is 4.36. The summed E-state index contributed by atoms with van der Waals surface area (Å²) in [4.78, 5) is 0. The second kappa shape index (κ2) is 4.01. The molecule has 0 radical (unpaired) electrons. The van der Waals surface area contributed by atoms with Crippen LogP contribution in [0.3, 0.4) is 0 Å². The number of aliphatic hydroxyl groups excluding tert-OH is 1. The summed E-state index contributed by atoms with van der Waals surface area (Å²) in [5.41, 5.74) is 1.71. The molecule has 1 rings (SSSR count). The van der Waals surface area contributed by atoms with Gasteiger partial charge in [-0.25, -0.2) is 0 Å². The van der Waals surface area contributed by atoms with E-state index in [-0.39, 0.29) is 5.41 Å². The number of halogens is 1. The van der Waals surface area contributed by atoms with E-state index in [2.05, 4.69) is 36.7 Å². The monoisotopic (exact) mass is 258 g/mol. The maximum Gasteiger partial charge on any atom is 0.178 e. The third-order valence-electron chi connectivity index (χ3n) is 2.10. The van der Waals surface area contributed by atoms with E-state index in [1.807, 2.05) is 6.07 Å². The van der Waals surface area contributed by atoms with Crippen LogP contribution in [-0.4, -0.2) is 10.2 Å². The lowest BCUT2D eigenvalue weighted by molar-refractivity contribution is -0.0425. The Morgan fingerprint density at radius 2 is 1.79 bits per heavy atom. The van der Waals surface area contributed by atoms with Crippen LogP contribution in [0.5, 0.6) is 0 Å². The Balaban J connectivity index is 3.15. The summed E-state index contributed by atoms with van der Waals surface area (Å²) in [6.07, 6.45) is -1.40. The predicted octanol–water partition coefficient (Wildman–Crippen LogP) is 2.73. The highest BCUT2D eigenvalue weighted by Gasteiger charge is 2.17. The molecule has 0 aliphatic rings. The Morgan fingerprint density at radius 1 is 1.21 bits per heavy atom. The topological polar surface area (TPSA) is 40.5 Å². The summed E-state index contributed by atoms with van der Waals surface area (Å²) in [6, 6.07) is 5.39. The number of hydrogen-bond donors (Lipinski definition) is 2. The van der Waals surface area contributed by atoms with Crippen LogP contribution in [0.2, 0.25) is 0 Å². The highest BCUT2D eigenvalue weighted by atomic mass is 79.9. The summed E-state index contributed by atoms with van der Waals surface area (Å²) in [5, 5.41) is 18.0. The van der Waals surface area contributed by atoms with E-state index in [1.54, 1.807) is 12.1 Å². The molecule has 2 N–H and O–H groups in total. The van der Waals surface area contributed by atoms with Crippen LogP contribution in [0.15, 0.2) is 22.7 Å². The Labute approximate surface area is 92.7 Å². The zero-order valence-corrected chi connectivity index (χ0v) is 10.2. The third kappa shape index (κ3) is 2.56. The van der Waals surface area contributed by atoms with Gasteiger partial charge in [0.05, 0.1) is 0 Å². The molecular formula is C11H15BrO2. The molecule has 2 nitrogen and oxygen atoms in total. The van der Waals surface area contributed by atoms with Gasteiger partial charge >= 0.3 is 0 Å². The van der Waals surface area contributed by atoms with E-state index >= 15 is 0 Å². The van der Waals surface area contributed by atoms with Crippen molar-refractivity contribution in [3.8, 4) is 0 Å². The van der Waals surface area contributed by atoms with Crippen molar-refractivity contribution in [1.82, 2.24) is 0 Å². The fourth-order valence-electron chi connectivity index (χ4n) is 1.30. The molecule has 0 unspecified atom stereocenters. The second-order valence-corrected chi connectivity index (χ2v) is 5.22. The summed E-state index contributed by atoms with van der Waals surface area (Å²) < 4.78 is 0.913. The van der Waals surface area contributed by atoms with Crippen molar-refractivity contribution in [2.45, 2.75) is 32.5 Å². The van der Waals surface area contributed by atoms with Crippen LogP contribution in [-0.2, 0) is 5.41 Å². The van der Waals surface area contributed by atoms with Crippen LogP contribution >= 0.6 is 15.9 Å². The van der Waals surface area contributed by atoms with Gasteiger partial charge in [0.1, 0.15) is 0 Å². The Hall–Kier alpha value is -0.380. The Bertz CT molecular complexity index is 327. The van der Waals surface area contributed by atoms with Gasteiger partial charge in [-0.2, -0.15) is 0 Å². The first-order valence-electron chi connectivity index (χ1n) is 4.48. The van der Waals surface area contributed by atoms with E-state index in [0.29, 0.717) is 5.56 Å². The van der Waals surface area contributed by atoms with E-state index in [0.717, 1.165) is 10.0 Å². The molecule has 0 saturated carbocycles. The molecule has 1 aromatic carbocycles. The first-order chi connectivity index (χ1) is 6.32. The average molecular weight is 259 g/mol. The minimum atomic E-state index is -1.40. The smallest absolute Gasteiger partial charge is 0.178 e. The van der Waals surface area contributed by atoms with Crippen molar-refractivity contribution < 1.29 is 10.2 Å². The lowest BCUT2D eigenvalue weighted by Gasteiger charge is -2.21. The molecule has 0 heterocycles. The number of benzene rings is 1. The average Bonchev–Trinajstić information content (AvgIpc) is 2.01. The molecule has 78 valence electrons. The Morgan fingerprint density at radius 3 is 2.14 bits per heavy atom. The first-order valence-corrected chi connectivity index (χ1v) is 5.28. The van der Waals surface area contributed by atoms with Gasteiger partial charge in [-0.3, -0.25) is 0 Å². The van der Waals surface area contributed by atoms with Crippen LogP contribution in [0, 0.1) is 0 Å². The first kappa shape index (κ1) is 11.7. The highest BCUT2D eigenvalue weighted by molar-refractivity contribution is 9.10. The summed E-state index contributed by atoms with van der Waals surface area (Å²) in [6.45, 7) is 6.34. The number of aliphatic hydroxyl groups is 2. The predicted molar refractivity (Wildman–Crippen MR) is 60.0 cm³/mol. The molecule has 0 spiro atoms. The molecule has 0 aromatic heterocycles. The lowest BCUT2D eigenvalue weighted by atomic mass is 9.86. The summed E-state index contributed by atoms with van der Waals surface area (Å²) in [5.74, 6) is 0. The van der Waals surface area contributed by atoms with Crippen molar-refractivity contribution in [3.05, 3.63) is 33.8 Å². The van der Waals surface area contributed by atoms with Crippen molar-refractivity contribution in [2.24, 2.45) is 0 Å². The van der Waals surface area contributed by atoms with Crippen LogP contribution < -0.4 is 0 Å². The zero-order valence-electron chi connectivity index (χ0n) is 8.58. The number of hydrogen-bond acceptors (Lipinski definition) is 2. The molecule has 1 aromatic rings. The van der Waals surface area contributed by atoms with Gasteiger partial charge < -0.3 is 10.2 Å². The Kier molecular flexibility index (Phi) is 3.35. The molecule has 3 heteroatoms. The SMILES string of the molecule is CC(C)(C)c1ccc(C(O)O)cc1Br. The normalized spacial score (nSPS) is 12.2. The third-order valence-corrected chi connectivity index (χ3v) is 2.76. The summed E-state index contributed by atoms with van der Waals surface area (Å²) >= 11 is 3.43. The van der Waals surface area contributed by atoms with Gasteiger partial charge in [-0.1, -0.05) is 48.8 Å². The molecule has 14 heavy (non-hydrogen) atoms. The van der Waals surface area contributed by atoms with Gasteiger partial charge in [-0.05, 0) is 17.0 Å². The fraction of sp³-hybridized carbons (Fsp3) is 0.455. The van der Waals surface area contributed by atoms with Gasteiger partial charge in [0, 0.05) is 10.0 Å². The molecule has 0 fully saturated rings. The van der Waals surface area contributed by atoms with Gasteiger partial charge in [-0.15, -0.1) is 0 Å². The lowest BCUT2D eigenvalue weighted by Crippen LogP contribution is -2.12. The molecule has 0 bridgehead atoms. The molecule has 0 saturated heterocycles. The van der Waals surface area contributed by atoms with Crippen molar-refractivity contribution in [2.75, 3.05) is 0 Å². The molecule has 0 aliphatic heterocycles. The van der Waals surface area contributed by atoms with E-state index in [4.69, 9.17) is 10.2 Å². The minimum Gasteiger partial charge on any atom is -0.364 e. The number of rotatable bonds is 1. The highest BCUT2D eigenvalue weighted by Crippen LogP contribution is 2.31. The summed E-state index contributed by atoms with van der Waals surface area (Å²) in [7, 11) is 0. The van der Waals surface area contributed by atoms with E-state index in [9.17, 15) is 0 Å². The van der Waals surface area contributed by atoms with Gasteiger partial charge in [0.2, 0.25) is 0 Å². The van der Waals surface area contributed by atoms with E-state index < -0.39 is 6.29 Å². The quantitative estimate of drug-likeness (QED) is 0.761. The maximum atomic E-state index is 8.98. The molecule has 0 atom stereocenters. The van der Waals surface area contributed by atoms with E-state index in [1.165, 1.54) is 0 Å². The fourth-order valence-corrected chi connectivity index (χ4v) is 2.29. The van der Waals surface area contributed by atoms with Crippen molar-refractivity contribution >= 4 is 15.9 Å². The largest absolute Gasteiger partial charge is 0.364 e. The molecule has 0 aliphatic carbocycles. The minimum absolute atomic E-state index is 0.0533. The van der Waals surface area contributed by atoms with Crippen LogP contribution in [0.25, 0.3) is 0 Å². The maximum absolute atomic E-state index is 8.98. The van der Waals surface area contributed by atoms with Crippen LogP contribution in [0.4, 0.5) is 0 Å². The van der Waals surface area contributed by atoms with Crippen molar-refractivity contribution in [1.29, 1.82) is 0 Å².